The summed E-state index contributed by atoms with van der Waals surface area (Å²) in [7, 11) is 0. The van der Waals surface area contributed by atoms with E-state index in [1.54, 1.807) is 0 Å². The van der Waals surface area contributed by atoms with Crippen molar-refractivity contribution in [2.75, 3.05) is 5.32 Å². The van der Waals surface area contributed by atoms with Crippen molar-refractivity contribution in [1.29, 1.82) is 0 Å². The van der Waals surface area contributed by atoms with Crippen LogP contribution in [0.15, 0.2) is 106 Å². The van der Waals surface area contributed by atoms with Gasteiger partial charge >= 0.3 is 0 Å². The fourth-order valence-corrected chi connectivity index (χ4v) is 2.94. The van der Waals surface area contributed by atoms with Gasteiger partial charge < -0.3 is 9.73 Å². The Labute approximate surface area is 162 Å². The Hall–Kier alpha value is -3.92. The summed E-state index contributed by atoms with van der Waals surface area (Å²) in [6.07, 6.45) is 0.652. The molecule has 0 aliphatic rings. The summed E-state index contributed by atoms with van der Waals surface area (Å²) in [6, 6.07) is 31.1. The quantitative estimate of drug-likeness (QED) is 0.480. The van der Waals surface area contributed by atoms with Gasteiger partial charge in [0.05, 0.1) is 16.7 Å². The molecule has 0 saturated heterocycles. The standard InChI is InChI=1S/C24H18N2O2/c27-17-25-21-13-7-8-14-22(21)26-20-15-23(18-9-3-1-4-10-18)28-24(16-20)19-11-5-2-6-12-19/h1-17H,(H,25,27). The number of rotatable bonds is 5. The summed E-state index contributed by atoms with van der Waals surface area (Å²) >= 11 is 0. The van der Waals surface area contributed by atoms with Crippen LogP contribution in [0.4, 0.5) is 11.4 Å². The normalized spacial score (nSPS) is 10.3. The molecular weight excluding hydrogens is 348 g/mol. The molecule has 0 saturated carbocycles. The molecule has 0 bridgehead atoms. The maximum atomic E-state index is 10.9. The first kappa shape index (κ1) is 17.5. The number of para-hydroxylation sites is 2. The summed E-state index contributed by atoms with van der Waals surface area (Å²) < 4.78 is 6.17. The van der Waals surface area contributed by atoms with E-state index in [0.29, 0.717) is 17.8 Å². The Morgan fingerprint density at radius 2 is 1.25 bits per heavy atom. The first-order chi connectivity index (χ1) is 13.8. The predicted molar refractivity (Wildman–Crippen MR) is 111 cm³/mol. The Morgan fingerprint density at radius 1 is 0.714 bits per heavy atom. The minimum Gasteiger partial charge on any atom is -0.456 e. The Bertz CT molecular complexity index is 1090. The second-order valence-corrected chi connectivity index (χ2v) is 6.17. The predicted octanol–water partition coefficient (Wildman–Crippen LogP) is 5.41. The van der Waals surface area contributed by atoms with Crippen LogP contribution in [0.3, 0.4) is 0 Å². The second-order valence-electron chi connectivity index (χ2n) is 6.17. The van der Waals surface area contributed by atoms with Crippen LogP contribution in [-0.4, -0.2) is 6.41 Å². The van der Waals surface area contributed by atoms with Crippen LogP contribution in [0, 0.1) is 0 Å². The fraction of sp³-hybridized carbons (Fsp3) is 0. The second kappa shape index (κ2) is 8.18. The zero-order valence-corrected chi connectivity index (χ0v) is 15.1. The highest BCUT2D eigenvalue weighted by molar-refractivity contribution is 5.79. The highest BCUT2D eigenvalue weighted by Gasteiger charge is 2.07. The molecule has 1 N–H and O–H groups in total. The van der Waals surface area contributed by atoms with Crippen molar-refractivity contribution < 1.29 is 9.21 Å². The molecule has 0 aliphatic carbocycles. The lowest BCUT2D eigenvalue weighted by atomic mass is 10.1. The molecular formula is C24H18N2O2. The van der Waals surface area contributed by atoms with Gasteiger partial charge in [0.15, 0.2) is 0 Å². The van der Waals surface area contributed by atoms with Gasteiger partial charge in [-0.25, -0.2) is 4.99 Å². The largest absolute Gasteiger partial charge is 0.456 e. The summed E-state index contributed by atoms with van der Waals surface area (Å²) in [5.74, 6) is 1.45. The number of hydrogen-bond donors (Lipinski definition) is 1. The lowest BCUT2D eigenvalue weighted by Crippen LogP contribution is -2.02. The van der Waals surface area contributed by atoms with Crippen LogP contribution in [0.2, 0.25) is 0 Å². The summed E-state index contributed by atoms with van der Waals surface area (Å²) in [5, 5.41) is 3.43. The van der Waals surface area contributed by atoms with E-state index < -0.39 is 0 Å². The summed E-state index contributed by atoms with van der Waals surface area (Å²) in [4.78, 5) is 15.6. The third-order valence-corrected chi connectivity index (χ3v) is 4.26. The molecule has 0 unspecified atom stereocenters. The third kappa shape index (κ3) is 3.91. The molecule has 28 heavy (non-hydrogen) atoms. The maximum Gasteiger partial charge on any atom is 0.211 e. The average molecular weight is 366 g/mol. The number of carbonyl (C=O) groups excluding carboxylic acids is 1. The summed E-state index contributed by atoms with van der Waals surface area (Å²) in [5.41, 5.74) is 3.27. The van der Waals surface area contributed by atoms with Gasteiger partial charge in [-0.15, -0.1) is 0 Å². The highest BCUT2D eigenvalue weighted by Crippen LogP contribution is 2.26. The topological polar surface area (TPSA) is 54.6 Å². The average Bonchev–Trinajstić information content (AvgIpc) is 2.76. The first-order valence-electron chi connectivity index (χ1n) is 8.93. The van der Waals surface area contributed by atoms with E-state index in [9.17, 15) is 4.79 Å². The number of amides is 1. The van der Waals surface area contributed by atoms with Crippen molar-refractivity contribution in [1.82, 2.24) is 0 Å². The van der Waals surface area contributed by atoms with Gasteiger partial charge in [0.25, 0.3) is 0 Å². The molecule has 0 aliphatic heterocycles. The molecule has 136 valence electrons. The van der Waals surface area contributed by atoms with Gasteiger partial charge in [0.2, 0.25) is 6.41 Å². The van der Waals surface area contributed by atoms with E-state index in [1.165, 1.54) is 0 Å². The molecule has 4 rings (SSSR count). The van der Waals surface area contributed by atoms with Crippen molar-refractivity contribution in [3.8, 4) is 22.6 Å². The minimum absolute atomic E-state index is 0.652. The van der Waals surface area contributed by atoms with E-state index in [1.807, 2.05) is 97.1 Å². The molecule has 1 aromatic heterocycles. The van der Waals surface area contributed by atoms with E-state index >= 15 is 0 Å². The molecule has 4 nitrogen and oxygen atoms in total. The highest BCUT2D eigenvalue weighted by atomic mass is 16.3. The zero-order chi connectivity index (χ0) is 19.2. The molecule has 0 atom stereocenters. The fourth-order valence-electron chi connectivity index (χ4n) is 2.94. The molecule has 1 amide bonds. The molecule has 0 spiro atoms. The maximum absolute atomic E-state index is 10.9. The van der Waals surface area contributed by atoms with Crippen molar-refractivity contribution in [2.45, 2.75) is 0 Å². The molecule has 3 aromatic carbocycles. The number of nitrogens with one attached hydrogen (secondary N) is 1. The smallest absolute Gasteiger partial charge is 0.211 e. The Morgan fingerprint density at radius 3 is 1.82 bits per heavy atom. The van der Waals surface area contributed by atoms with Crippen molar-refractivity contribution in [3.63, 3.8) is 0 Å². The van der Waals surface area contributed by atoms with Gasteiger partial charge in [-0.3, -0.25) is 4.79 Å². The number of carbonyl (C=O) groups is 1. The van der Waals surface area contributed by atoms with Gasteiger partial charge in [0, 0.05) is 23.3 Å². The zero-order valence-electron chi connectivity index (χ0n) is 15.1. The van der Waals surface area contributed by atoms with E-state index in [2.05, 4.69) is 5.32 Å². The lowest BCUT2D eigenvalue weighted by Gasteiger charge is -2.07. The molecule has 4 aromatic rings. The Balaban J connectivity index is 1.91. The Kier molecular flexibility index (Phi) is 5.11. The summed E-state index contributed by atoms with van der Waals surface area (Å²) in [6.45, 7) is 0. The molecule has 0 fully saturated rings. The SMILES string of the molecule is O=CNc1ccccc1N=c1cc(-c2ccccc2)oc(-c2ccccc2)c1. The van der Waals surface area contributed by atoms with Crippen LogP contribution < -0.4 is 10.7 Å². The third-order valence-electron chi connectivity index (χ3n) is 4.26. The van der Waals surface area contributed by atoms with E-state index in [-0.39, 0.29) is 0 Å². The van der Waals surface area contributed by atoms with Crippen LogP contribution >= 0.6 is 0 Å². The van der Waals surface area contributed by atoms with Crippen LogP contribution in [0.25, 0.3) is 22.6 Å². The van der Waals surface area contributed by atoms with Crippen molar-refractivity contribution in [2.24, 2.45) is 4.99 Å². The van der Waals surface area contributed by atoms with Gasteiger partial charge in [-0.2, -0.15) is 0 Å². The van der Waals surface area contributed by atoms with Crippen LogP contribution in [-0.2, 0) is 4.79 Å². The minimum atomic E-state index is 0.652. The monoisotopic (exact) mass is 366 g/mol. The molecule has 4 heteroatoms. The number of nitrogens with zero attached hydrogens (tertiary/aromatic N) is 1. The van der Waals surface area contributed by atoms with Gasteiger partial charge in [-0.05, 0) is 12.1 Å². The number of hydrogen-bond acceptors (Lipinski definition) is 3. The molecule has 0 radical (unpaired) electrons. The van der Waals surface area contributed by atoms with Gasteiger partial charge in [-0.1, -0.05) is 72.8 Å². The van der Waals surface area contributed by atoms with Crippen molar-refractivity contribution in [3.05, 3.63) is 102 Å². The van der Waals surface area contributed by atoms with Gasteiger partial charge in [0.1, 0.15) is 11.5 Å². The lowest BCUT2D eigenvalue weighted by molar-refractivity contribution is -0.105. The van der Waals surface area contributed by atoms with E-state index in [0.717, 1.165) is 28.0 Å². The van der Waals surface area contributed by atoms with Crippen LogP contribution in [0.5, 0.6) is 0 Å². The number of benzene rings is 3. The number of anilines is 1. The first-order valence-corrected chi connectivity index (χ1v) is 8.93. The van der Waals surface area contributed by atoms with Crippen molar-refractivity contribution >= 4 is 17.8 Å². The van der Waals surface area contributed by atoms with Crippen LogP contribution in [0.1, 0.15) is 0 Å². The van der Waals surface area contributed by atoms with E-state index in [4.69, 9.17) is 9.41 Å². The molecule has 1 heterocycles.